The van der Waals surface area contributed by atoms with Gasteiger partial charge >= 0.3 is 12.1 Å². The molecule has 4 aliphatic rings. The average Bonchev–Trinajstić information content (AvgIpc) is 3.19. The zero-order valence-corrected chi connectivity index (χ0v) is 20.4. The molecule has 1 aliphatic carbocycles. The van der Waals surface area contributed by atoms with Gasteiger partial charge in [-0.3, -0.25) is 19.2 Å². The number of hydrogen-bond donors (Lipinski definition) is 3. The number of fused-ring (bicyclic) bond motifs is 3. The maximum atomic E-state index is 14.9. The van der Waals surface area contributed by atoms with Gasteiger partial charge in [0.1, 0.15) is 18.1 Å². The van der Waals surface area contributed by atoms with E-state index in [1.54, 1.807) is 19.2 Å². The largest absolute Gasteiger partial charge is 0.471 e. The Balaban J connectivity index is 1.87. The second-order valence-corrected chi connectivity index (χ2v) is 10.3. The second-order valence-electron chi connectivity index (χ2n) is 10.3. The number of hydrogen-bond acceptors (Lipinski definition) is 5. The summed E-state index contributed by atoms with van der Waals surface area (Å²) in [6.45, 7) is 3.62. The molecule has 3 N–H and O–H groups in total. The monoisotopic (exact) mass is 535 g/mol. The highest BCUT2D eigenvalue weighted by Crippen LogP contribution is 2.49. The van der Waals surface area contributed by atoms with Gasteiger partial charge in [0.25, 0.3) is 5.92 Å². The molecule has 0 aromatic heterocycles. The topological polar surface area (TPSA) is 131 Å². The number of nitrogens with one attached hydrogen (secondary N) is 3. The normalized spacial score (nSPS) is 28.3. The summed E-state index contributed by atoms with van der Waals surface area (Å²) in [7, 11) is 0. The Hall–Kier alpha value is -2.98. The summed E-state index contributed by atoms with van der Waals surface area (Å²) in [5, 5.41) is 16.1. The van der Waals surface area contributed by atoms with Gasteiger partial charge < -0.3 is 20.9 Å². The smallest absolute Gasteiger partial charge is 0.356 e. The van der Waals surface area contributed by atoms with Gasteiger partial charge in [-0.05, 0) is 38.0 Å². The van der Waals surface area contributed by atoms with Crippen molar-refractivity contribution in [2.45, 2.75) is 88.6 Å². The zero-order chi connectivity index (χ0) is 27.7. The fourth-order valence-electron chi connectivity index (χ4n) is 5.49. The Morgan fingerprint density at radius 1 is 1.19 bits per heavy atom. The molecule has 1 saturated carbocycles. The Kier molecular flexibility index (Phi) is 8.34. The summed E-state index contributed by atoms with van der Waals surface area (Å²) >= 11 is 0. The fourth-order valence-corrected chi connectivity index (χ4v) is 5.49. The molecule has 3 heterocycles. The lowest BCUT2D eigenvalue weighted by Gasteiger charge is -2.54. The molecule has 14 heteroatoms. The van der Waals surface area contributed by atoms with Gasteiger partial charge in [0, 0.05) is 24.9 Å². The second kappa shape index (κ2) is 10.8. The van der Waals surface area contributed by atoms with Crippen LogP contribution in [0.5, 0.6) is 0 Å². The highest BCUT2D eigenvalue weighted by Gasteiger charge is 2.61. The number of amides is 4. The van der Waals surface area contributed by atoms with E-state index in [9.17, 15) is 46.4 Å². The van der Waals surface area contributed by atoms with Crippen LogP contribution in [0.15, 0.2) is 0 Å². The first-order valence-corrected chi connectivity index (χ1v) is 12.2. The summed E-state index contributed by atoms with van der Waals surface area (Å²) in [5.74, 6) is -10.6. The SMILES string of the molecule is CC(C)C[C@@H](NC(=O)C(F)(F)F)C(=O)N1[C@@H]2CC[C@H]([C@H]1C(=O)N[C@H](C#N)C[C@@H]1CCNC1=O)C(F)(F)C2. The van der Waals surface area contributed by atoms with Crippen LogP contribution in [0, 0.1) is 29.1 Å². The molecular formula is C23H30F5N5O4. The molecule has 3 aliphatic heterocycles. The lowest BCUT2D eigenvalue weighted by molar-refractivity contribution is -0.196. The van der Waals surface area contributed by atoms with E-state index in [1.807, 2.05) is 6.07 Å². The minimum Gasteiger partial charge on any atom is -0.356 e. The van der Waals surface area contributed by atoms with E-state index in [0.29, 0.717) is 13.0 Å². The van der Waals surface area contributed by atoms with Gasteiger partial charge in [-0.1, -0.05) is 13.8 Å². The van der Waals surface area contributed by atoms with Crippen molar-refractivity contribution in [1.82, 2.24) is 20.9 Å². The summed E-state index contributed by atoms with van der Waals surface area (Å²) < 4.78 is 68.5. The summed E-state index contributed by atoms with van der Waals surface area (Å²) in [6.07, 6.45) is -5.87. The maximum Gasteiger partial charge on any atom is 0.471 e. The molecule has 37 heavy (non-hydrogen) atoms. The highest BCUT2D eigenvalue weighted by molar-refractivity contribution is 5.94. The van der Waals surface area contributed by atoms with Crippen molar-refractivity contribution in [2.75, 3.05) is 6.54 Å². The summed E-state index contributed by atoms with van der Waals surface area (Å²) in [5.41, 5.74) is 0. The first kappa shape index (κ1) is 28.6. The minimum atomic E-state index is -5.27. The summed E-state index contributed by atoms with van der Waals surface area (Å²) in [4.78, 5) is 51.1. The molecule has 0 aromatic carbocycles. The summed E-state index contributed by atoms with van der Waals surface area (Å²) in [6, 6.07) is -3.94. The lowest BCUT2D eigenvalue weighted by atomic mass is 9.71. The number of nitriles is 1. The Morgan fingerprint density at radius 2 is 1.86 bits per heavy atom. The Labute approximate surface area is 210 Å². The zero-order valence-electron chi connectivity index (χ0n) is 20.4. The van der Waals surface area contributed by atoms with E-state index < -0.39 is 72.2 Å². The maximum absolute atomic E-state index is 14.9. The van der Waals surface area contributed by atoms with Crippen LogP contribution in [-0.4, -0.2) is 71.3 Å². The van der Waals surface area contributed by atoms with Gasteiger partial charge in [0.15, 0.2) is 0 Å². The van der Waals surface area contributed by atoms with E-state index in [2.05, 4.69) is 10.6 Å². The van der Waals surface area contributed by atoms with Gasteiger partial charge in [-0.2, -0.15) is 18.4 Å². The first-order valence-electron chi connectivity index (χ1n) is 12.2. The molecule has 4 amide bonds. The predicted octanol–water partition coefficient (Wildman–Crippen LogP) is 1.63. The van der Waals surface area contributed by atoms with Crippen molar-refractivity contribution in [1.29, 1.82) is 5.26 Å². The van der Waals surface area contributed by atoms with Crippen LogP contribution in [-0.2, 0) is 19.2 Å². The van der Waals surface area contributed by atoms with Crippen LogP contribution in [0.25, 0.3) is 0 Å². The van der Waals surface area contributed by atoms with Crippen molar-refractivity contribution < 1.29 is 41.1 Å². The molecule has 4 rings (SSSR count). The van der Waals surface area contributed by atoms with E-state index in [1.165, 1.54) is 0 Å². The van der Waals surface area contributed by atoms with Crippen LogP contribution < -0.4 is 16.0 Å². The van der Waals surface area contributed by atoms with E-state index in [-0.39, 0.29) is 37.5 Å². The molecule has 4 fully saturated rings. The molecule has 0 aromatic rings. The van der Waals surface area contributed by atoms with Crippen LogP contribution in [0.1, 0.15) is 52.4 Å². The molecule has 206 valence electrons. The third kappa shape index (κ3) is 6.30. The van der Waals surface area contributed by atoms with Crippen LogP contribution in [0.3, 0.4) is 0 Å². The van der Waals surface area contributed by atoms with Gasteiger partial charge in [0.05, 0.1) is 12.0 Å². The number of carbonyl (C=O) groups is 4. The van der Waals surface area contributed by atoms with Crippen LogP contribution in [0.4, 0.5) is 22.0 Å². The quantitative estimate of drug-likeness (QED) is 0.407. The van der Waals surface area contributed by atoms with Crippen molar-refractivity contribution in [3.63, 3.8) is 0 Å². The molecule has 9 nitrogen and oxygen atoms in total. The van der Waals surface area contributed by atoms with Crippen LogP contribution in [0.2, 0.25) is 0 Å². The number of alkyl halides is 5. The van der Waals surface area contributed by atoms with E-state index >= 15 is 0 Å². The first-order chi connectivity index (χ1) is 17.2. The number of nitrogens with zero attached hydrogens (tertiary/aromatic N) is 2. The highest BCUT2D eigenvalue weighted by atomic mass is 19.4. The van der Waals surface area contributed by atoms with Crippen molar-refractivity contribution >= 4 is 23.6 Å². The van der Waals surface area contributed by atoms with Crippen molar-refractivity contribution in [3.8, 4) is 6.07 Å². The molecule has 0 spiro atoms. The molecular weight excluding hydrogens is 505 g/mol. The average molecular weight is 536 g/mol. The van der Waals surface area contributed by atoms with Crippen molar-refractivity contribution in [2.24, 2.45) is 17.8 Å². The Morgan fingerprint density at radius 3 is 2.38 bits per heavy atom. The van der Waals surface area contributed by atoms with Gasteiger partial charge in [-0.15, -0.1) is 0 Å². The molecule has 3 saturated heterocycles. The number of piperidine rings is 2. The third-order valence-electron chi connectivity index (χ3n) is 7.18. The van der Waals surface area contributed by atoms with Crippen LogP contribution >= 0.6 is 0 Å². The van der Waals surface area contributed by atoms with Crippen molar-refractivity contribution in [3.05, 3.63) is 0 Å². The fraction of sp³-hybridized carbons (Fsp3) is 0.783. The van der Waals surface area contributed by atoms with E-state index in [4.69, 9.17) is 0 Å². The van der Waals surface area contributed by atoms with E-state index in [0.717, 1.165) is 4.90 Å². The number of rotatable bonds is 8. The number of carbonyl (C=O) groups excluding carboxylic acids is 4. The minimum absolute atomic E-state index is 0.0587. The molecule has 0 radical (unpaired) electrons. The standard InChI is InChI=1S/C23H30F5N5O4/c1-11(2)7-16(32-21(37)23(26,27)28)20(36)33-14-3-4-15(22(24,25)9-14)17(33)19(35)31-13(10-29)8-12-5-6-30-18(12)34/h11-17H,3-9H2,1-2H3,(H,30,34)(H,31,35)(H,32,37)/t12-,13-,14+,15+,16+,17-/m0/s1. The molecule has 6 atom stereocenters. The van der Waals surface area contributed by atoms with Gasteiger partial charge in [0.2, 0.25) is 17.7 Å². The molecule has 2 bridgehead atoms. The van der Waals surface area contributed by atoms with Gasteiger partial charge in [-0.25, -0.2) is 8.78 Å². The molecule has 0 unspecified atom stereocenters. The predicted molar refractivity (Wildman–Crippen MR) is 117 cm³/mol. The number of halogens is 5. The third-order valence-corrected chi connectivity index (χ3v) is 7.18. The lowest BCUT2D eigenvalue weighted by Crippen LogP contribution is -2.71. The Bertz CT molecular complexity index is 966.